The summed E-state index contributed by atoms with van der Waals surface area (Å²) < 4.78 is 16.2. The van der Waals surface area contributed by atoms with Crippen molar-refractivity contribution < 1.29 is 19.0 Å². The second kappa shape index (κ2) is 9.70. The maximum absolute atomic E-state index is 12.5. The Hall–Kier alpha value is -3.13. The lowest BCUT2D eigenvalue weighted by atomic mass is 10.1. The smallest absolute Gasteiger partial charge is 0.258 e. The molecule has 0 radical (unpaired) electrons. The number of hydrogen-bond donors (Lipinski definition) is 1. The number of hydrogen-bond acceptors (Lipinski definition) is 7. The molecule has 0 bridgehead atoms. The Morgan fingerprint density at radius 3 is 2.61 bits per heavy atom. The van der Waals surface area contributed by atoms with Crippen molar-refractivity contribution in [3.8, 4) is 17.2 Å². The topological polar surface area (TPSA) is 82.6 Å². The van der Waals surface area contributed by atoms with Crippen LogP contribution >= 0.6 is 11.3 Å². The molecule has 0 spiro atoms. The fourth-order valence-corrected chi connectivity index (χ4v) is 3.31. The van der Waals surface area contributed by atoms with E-state index in [9.17, 15) is 4.79 Å². The average molecular weight is 399 g/mol. The van der Waals surface area contributed by atoms with E-state index in [0.717, 1.165) is 10.7 Å². The first kappa shape index (κ1) is 19.6. The zero-order chi connectivity index (χ0) is 19.8. The standard InChI is InChI=1S/C20H21N3O4S/c1-25-16-6-3-7-17(26-2)19(16)20(24)22-10-8-14-13-28-18(23-14)12-27-15-5-4-9-21-11-15/h3-7,9,11,13H,8,10,12H2,1-2H3,(H,22,24). The van der Waals surface area contributed by atoms with E-state index in [4.69, 9.17) is 14.2 Å². The molecular weight excluding hydrogens is 378 g/mol. The maximum atomic E-state index is 12.5. The van der Waals surface area contributed by atoms with E-state index in [1.54, 1.807) is 30.6 Å². The van der Waals surface area contributed by atoms with E-state index in [1.165, 1.54) is 25.6 Å². The molecule has 0 fully saturated rings. The van der Waals surface area contributed by atoms with E-state index in [2.05, 4.69) is 15.3 Å². The molecule has 3 rings (SSSR count). The second-order valence-corrected chi connectivity index (χ2v) is 6.70. The first-order chi connectivity index (χ1) is 13.7. The van der Waals surface area contributed by atoms with Crippen molar-refractivity contribution in [3.63, 3.8) is 0 Å². The minimum absolute atomic E-state index is 0.246. The van der Waals surface area contributed by atoms with Crippen LogP contribution in [0, 0.1) is 0 Å². The van der Waals surface area contributed by atoms with Gasteiger partial charge < -0.3 is 19.5 Å². The van der Waals surface area contributed by atoms with Crippen LogP contribution in [0.15, 0.2) is 48.1 Å². The van der Waals surface area contributed by atoms with E-state index in [1.807, 2.05) is 17.5 Å². The number of nitrogens with zero attached hydrogens (tertiary/aromatic N) is 2. The summed E-state index contributed by atoms with van der Waals surface area (Å²) in [6.45, 7) is 0.841. The minimum Gasteiger partial charge on any atom is -0.496 e. The minimum atomic E-state index is -0.246. The van der Waals surface area contributed by atoms with Crippen molar-refractivity contribution in [2.75, 3.05) is 20.8 Å². The van der Waals surface area contributed by atoms with Crippen LogP contribution in [-0.4, -0.2) is 36.6 Å². The third kappa shape index (κ3) is 4.98. The summed E-state index contributed by atoms with van der Waals surface area (Å²) >= 11 is 1.53. The van der Waals surface area contributed by atoms with E-state index >= 15 is 0 Å². The van der Waals surface area contributed by atoms with E-state index < -0.39 is 0 Å². The van der Waals surface area contributed by atoms with E-state index in [-0.39, 0.29) is 5.91 Å². The molecular formula is C20H21N3O4S. The van der Waals surface area contributed by atoms with Crippen molar-refractivity contribution in [2.45, 2.75) is 13.0 Å². The Kier molecular flexibility index (Phi) is 6.80. The number of carbonyl (C=O) groups is 1. The van der Waals surface area contributed by atoms with E-state index in [0.29, 0.717) is 42.4 Å². The van der Waals surface area contributed by atoms with Gasteiger partial charge in [-0.05, 0) is 24.3 Å². The van der Waals surface area contributed by atoms with Gasteiger partial charge in [0.2, 0.25) is 0 Å². The van der Waals surface area contributed by atoms with Gasteiger partial charge in [-0.2, -0.15) is 0 Å². The van der Waals surface area contributed by atoms with Gasteiger partial charge in [0.05, 0.1) is 26.1 Å². The summed E-state index contributed by atoms with van der Waals surface area (Å²) in [6.07, 6.45) is 3.98. The number of amides is 1. The molecule has 2 heterocycles. The number of benzene rings is 1. The van der Waals surface area contributed by atoms with Crippen LogP contribution in [0.1, 0.15) is 21.1 Å². The van der Waals surface area contributed by atoms with Crippen molar-refractivity contribution in [1.82, 2.24) is 15.3 Å². The Labute approximate surface area is 167 Å². The van der Waals surface area contributed by atoms with Gasteiger partial charge in [0.15, 0.2) is 0 Å². The van der Waals surface area contributed by atoms with Gasteiger partial charge >= 0.3 is 0 Å². The lowest BCUT2D eigenvalue weighted by Crippen LogP contribution is -2.26. The van der Waals surface area contributed by atoms with Crippen molar-refractivity contribution in [3.05, 3.63) is 64.4 Å². The Morgan fingerprint density at radius 1 is 1.14 bits per heavy atom. The predicted octanol–water partition coefficient (Wildman–Crippen LogP) is 3.11. The quantitative estimate of drug-likeness (QED) is 0.595. The fraction of sp³-hybridized carbons (Fsp3) is 0.250. The number of aromatic nitrogens is 2. The van der Waals surface area contributed by atoms with Gasteiger partial charge in [0, 0.05) is 24.5 Å². The Bertz CT molecular complexity index is 893. The molecule has 0 saturated heterocycles. The monoisotopic (exact) mass is 399 g/mol. The number of thiazole rings is 1. The highest BCUT2D eigenvalue weighted by atomic mass is 32.1. The number of pyridine rings is 1. The lowest BCUT2D eigenvalue weighted by Gasteiger charge is -2.12. The van der Waals surface area contributed by atoms with Gasteiger partial charge in [-0.1, -0.05) is 6.07 Å². The highest BCUT2D eigenvalue weighted by Gasteiger charge is 2.17. The van der Waals surface area contributed by atoms with Crippen LogP contribution in [0.2, 0.25) is 0 Å². The molecule has 0 aliphatic rings. The Balaban J connectivity index is 1.52. The van der Waals surface area contributed by atoms with Gasteiger partial charge in [0.25, 0.3) is 5.91 Å². The molecule has 0 atom stereocenters. The summed E-state index contributed by atoms with van der Waals surface area (Å²) in [5.41, 5.74) is 1.29. The highest BCUT2D eigenvalue weighted by molar-refractivity contribution is 7.09. The first-order valence-electron chi connectivity index (χ1n) is 8.66. The number of carbonyl (C=O) groups excluding carboxylic acids is 1. The lowest BCUT2D eigenvalue weighted by molar-refractivity contribution is 0.0948. The van der Waals surface area contributed by atoms with Crippen LogP contribution in [-0.2, 0) is 13.0 Å². The summed E-state index contributed by atoms with van der Waals surface area (Å²) in [7, 11) is 3.05. The fourth-order valence-electron chi connectivity index (χ4n) is 2.58. The summed E-state index contributed by atoms with van der Waals surface area (Å²) in [4.78, 5) is 21.1. The summed E-state index contributed by atoms with van der Waals surface area (Å²) in [5, 5.41) is 5.73. The molecule has 0 aliphatic heterocycles. The zero-order valence-corrected chi connectivity index (χ0v) is 16.5. The summed E-state index contributed by atoms with van der Waals surface area (Å²) in [6, 6.07) is 8.91. The number of nitrogens with one attached hydrogen (secondary N) is 1. The molecule has 0 saturated carbocycles. The Morgan fingerprint density at radius 2 is 1.93 bits per heavy atom. The van der Waals surface area contributed by atoms with Gasteiger partial charge in [-0.25, -0.2) is 4.98 Å². The van der Waals surface area contributed by atoms with Gasteiger partial charge in [-0.3, -0.25) is 9.78 Å². The van der Waals surface area contributed by atoms with Gasteiger partial charge in [0.1, 0.15) is 34.4 Å². The van der Waals surface area contributed by atoms with Crippen LogP contribution in [0.3, 0.4) is 0 Å². The number of ether oxygens (including phenoxy) is 3. The molecule has 2 aromatic heterocycles. The van der Waals surface area contributed by atoms with Crippen LogP contribution in [0.25, 0.3) is 0 Å². The maximum Gasteiger partial charge on any atom is 0.258 e. The van der Waals surface area contributed by atoms with Crippen molar-refractivity contribution in [1.29, 1.82) is 0 Å². The molecule has 8 heteroatoms. The van der Waals surface area contributed by atoms with Crippen molar-refractivity contribution in [2.24, 2.45) is 0 Å². The molecule has 1 N–H and O–H groups in total. The molecule has 0 aliphatic carbocycles. The van der Waals surface area contributed by atoms with Gasteiger partial charge in [-0.15, -0.1) is 11.3 Å². The number of rotatable bonds is 9. The highest BCUT2D eigenvalue weighted by Crippen LogP contribution is 2.27. The predicted molar refractivity (Wildman–Crippen MR) is 106 cm³/mol. The normalized spacial score (nSPS) is 10.4. The van der Waals surface area contributed by atoms with Crippen molar-refractivity contribution >= 4 is 17.2 Å². The average Bonchev–Trinajstić information content (AvgIpc) is 3.20. The molecule has 7 nitrogen and oxygen atoms in total. The molecule has 1 aromatic carbocycles. The number of methoxy groups -OCH3 is 2. The molecule has 1 amide bonds. The molecule has 3 aromatic rings. The summed E-state index contributed by atoms with van der Waals surface area (Å²) in [5.74, 6) is 1.41. The SMILES string of the molecule is COc1cccc(OC)c1C(=O)NCCc1csc(COc2cccnc2)n1. The zero-order valence-electron chi connectivity index (χ0n) is 15.7. The molecule has 0 unspecified atom stereocenters. The molecule has 28 heavy (non-hydrogen) atoms. The third-order valence-corrected chi connectivity index (χ3v) is 4.79. The van der Waals surface area contributed by atoms with Crippen LogP contribution in [0.5, 0.6) is 17.2 Å². The third-order valence-electron chi connectivity index (χ3n) is 3.92. The van der Waals surface area contributed by atoms with Crippen LogP contribution < -0.4 is 19.5 Å². The second-order valence-electron chi connectivity index (χ2n) is 5.75. The largest absolute Gasteiger partial charge is 0.496 e. The molecule has 146 valence electrons. The first-order valence-corrected chi connectivity index (χ1v) is 9.54. The van der Waals surface area contributed by atoms with Crippen LogP contribution in [0.4, 0.5) is 0 Å².